The largest absolute Gasteiger partial charge is 0.350 e. The van der Waals surface area contributed by atoms with Gasteiger partial charge in [-0.05, 0) is 37.0 Å². The summed E-state index contributed by atoms with van der Waals surface area (Å²) in [7, 11) is 0. The summed E-state index contributed by atoms with van der Waals surface area (Å²) < 4.78 is 1.33. The molecule has 0 spiro atoms. The molecule has 7 nitrogen and oxygen atoms in total. The lowest BCUT2D eigenvalue weighted by Crippen LogP contribution is -2.43. The Bertz CT molecular complexity index is 1060. The molecule has 1 saturated heterocycles. The fourth-order valence-corrected chi connectivity index (χ4v) is 3.79. The van der Waals surface area contributed by atoms with Crippen LogP contribution in [-0.2, 0) is 17.8 Å². The van der Waals surface area contributed by atoms with Crippen LogP contribution in [-0.4, -0.2) is 33.1 Å². The maximum atomic E-state index is 12.8. The lowest BCUT2D eigenvalue weighted by molar-refractivity contribution is -0.122. The van der Waals surface area contributed by atoms with Crippen molar-refractivity contribution in [3.63, 3.8) is 0 Å². The summed E-state index contributed by atoms with van der Waals surface area (Å²) >= 11 is 0. The number of hydrogen-bond donors (Lipinski definition) is 1. The number of nitrogens with zero attached hydrogens (tertiary/aromatic N) is 4. The van der Waals surface area contributed by atoms with E-state index < -0.39 is 0 Å². The molecule has 2 aromatic heterocycles. The fraction of sp³-hybridized carbons (Fsp3) is 0.364. The molecule has 0 bridgehead atoms. The first kappa shape index (κ1) is 19.1. The first-order valence-corrected chi connectivity index (χ1v) is 10.1. The average molecular weight is 391 g/mol. The molecular formula is C22H25N5O2. The molecule has 0 saturated carbocycles. The van der Waals surface area contributed by atoms with Crippen molar-refractivity contribution in [2.24, 2.45) is 0 Å². The Kier molecular flexibility index (Phi) is 5.55. The summed E-state index contributed by atoms with van der Waals surface area (Å²) in [5.41, 5.74) is 2.19. The van der Waals surface area contributed by atoms with Crippen molar-refractivity contribution in [1.29, 1.82) is 0 Å². The van der Waals surface area contributed by atoms with Crippen molar-refractivity contribution < 1.29 is 4.79 Å². The summed E-state index contributed by atoms with van der Waals surface area (Å²) in [5.74, 6) is 0.610. The van der Waals surface area contributed by atoms with Crippen molar-refractivity contribution >= 4 is 17.4 Å². The Hall–Kier alpha value is -3.22. The average Bonchev–Trinajstić information content (AvgIpc) is 3.23. The van der Waals surface area contributed by atoms with E-state index in [9.17, 15) is 9.59 Å². The van der Waals surface area contributed by atoms with Gasteiger partial charge in [-0.1, -0.05) is 43.7 Å². The third-order valence-corrected chi connectivity index (χ3v) is 5.22. The van der Waals surface area contributed by atoms with Crippen LogP contribution in [0.4, 0.5) is 5.82 Å². The third-order valence-electron chi connectivity index (χ3n) is 5.22. The molecule has 1 fully saturated rings. The van der Waals surface area contributed by atoms with Crippen LogP contribution in [0.15, 0.2) is 53.3 Å². The second kappa shape index (κ2) is 8.43. The first-order valence-electron chi connectivity index (χ1n) is 10.1. The zero-order valence-corrected chi connectivity index (χ0v) is 16.5. The molecule has 0 aliphatic carbocycles. The van der Waals surface area contributed by atoms with Crippen LogP contribution in [0.25, 0.3) is 5.65 Å². The molecule has 0 unspecified atom stereocenters. The Morgan fingerprint density at radius 3 is 2.83 bits per heavy atom. The molecule has 150 valence electrons. The van der Waals surface area contributed by atoms with Crippen LogP contribution in [0, 0.1) is 0 Å². The molecule has 1 aliphatic rings. The quantitative estimate of drug-likeness (QED) is 0.698. The minimum Gasteiger partial charge on any atom is -0.350 e. The van der Waals surface area contributed by atoms with E-state index in [4.69, 9.17) is 0 Å². The van der Waals surface area contributed by atoms with E-state index in [0.29, 0.717) is 18.0 Å². The van der Waals surface area contributed by atoms with Gasteiger partial charge in [-0.2, -0.15) is 4.52 Å². The number of benzene rings is 1. The van der Waals surface area contributed by atoms with E-state index in [2.05, 4.69) is 22.3 Å². The molecule has 0 radical (unpaired) electrons. The number of rotatable bonds is 6. The molecule has 29 heavy (non-hydrogen) atoms. The van der Waals surface area contributed by atoms with E-state index in [1.165, 1.54) is 4.52 Å². The van der Waals surface area contributed by atoms with Gasteiger partial charge in [-0.3, -0.25) is 9.59 Å². The SMILES string of the molecule is CCCc1cc(=O)n2nc(N3CCC[C@@H]3C(=O)NCc3ccccc3)ccc2n1. The molecule has 1 atom stereocenters. The highest BCUT2D eigenvalue weighted by molar-refractivity contribution is 5.85. The Balaban J connectivity index is 1.54. The number of hydrogen-bond acceptors (Lipinski definition) is 5. The summed E-state index contributed by atoms with van der Waals surface area (Å²) in [6.07, 6.45) is 3.37. The maximum absolute atomic E-state index is 12.8. The highest BCUT2D eigenvalue weighted by Crippen LogP contribution is 2.24. The highest BCUT2D eigenvalue weighted by atomic mass is 16.2. The van der Waals surface area contributed by atoms with Gasteiger partial charge in [0.1, 0.15) is 11.9 Å². The van der Waals surface area contributed by atoms with E-state index >= 15 is 0 Å². The molecular weight excluding hydrogens is 366 g/mol. The molecule has 1 aliphatic heterocycles. The minimum atomic E-state index is -0.285. The van der Waals surface area contributed by atoms with E-state index in [-0.39, 0.29) is 17.5 Å². The number of aromatic nitrogens is 3. The number of aryl methyl sites for hydroxylation is 1. The Labute approximate surface area is 169 Å². The van der Waals surface area contributed by atoms with Crippen molar-refractivity contribution in [1.82, 2.24) is 19.9 Å². The molecule has 1 amide bonds. The van der Waals surface area contributed by atoms with Gasteiger partial charge in [0.15, 0.2) is 5.65 Å². The number of amides is 1. The predicted molar refractivity (Wildman–Crippen MR) is 112 cm³/mol. The molecule has 3 heterocycles. The standard InChI is InChI=1S/C22H25N5O2/c1-2-7-17-14-21(28)27-19(24-17)11-12-20(25-27)26-13-6-10-18(26)22(29)23-15-16-8-4-3-5-9-16/h3-5,8-9,11-12,14,18H,2,6-7,10,13,15H2,1H3,(H,23,29)/t18-/m1/s1. The van der Waals surface area contributed by atoms with Crippen LogP contribution >= 0.6 is 0 Å². The van der Waals surface area contributed by atoms with Crippen molar-refractivity contribution in [3.8, 4) is 0 Å². The topological polar surface area (TPSA) is 79.6 Å². The van der Waals surface area contributed by atoms with Crippen molar-refractivity contribution in [2.75, 3.05) is 11.4 Å². The Morgan fingerprint density at radius 1 is 1.21 bits per heavy atom. The third kappa shape index (κ3) is 4.13. The monoisotopic (exact) mass is 391 g/mol. The smallest absolute Gasteiger partial charge is 0.274 e. The van der Waals surface area contributed by atoms with Gasteiger partial charge in [-0.15, -0.1) is 5.10 Å². The minimum absolute atomic E-state index is 0.0167. The second-order valence-electron chi connectivity index (χ2n) is 7.35. The number of nitrogens with one attached hydrogen (secondary N) is 1. The van der Waals surface area contributed by atoms with Gasteiger partial charge in [0.05, 0.1) is 0 Å². The molecule has 7 heteroatoms. The fourth-order valence-electron chi connectivity index (χ4n) is 3.79. The number of anilines is 1. The van der Waals surface area contributed by atoms with Crippen LogP contribution in [0.1, 0.15) is 37.4 Å². The molecule has 4 rings (SSSR count). The Morgan fingerprint density at radius 2 is 2.03 bits per heavy atom. The van der Waals surface area contributed by atoms with Crippen LogP contribution in [0.3, 0.4) is 0 Å². The van der Waals surface area contributed by atoms with Crippen LogP contribution < -0.4 is 15.8 Å². The molecule has 1 aromatic carbocycles. The van der Waals surface area contributed by atoms with Crippen molar-refractivity contribution in [3.05, 3.63) is 70.1 Å². The first-order chi connectivity index (χ1) is 14.2. The van der Waals surface area contributed by atoms with E-state index in [1.54, 1.807) is 12.1 Å². The van der Waals surface area contributed by atoms with E-state index in [1.807, 2.05) is 41.3 Å². The highest BCUT2D eigenvalue weighted by Gasteiger charge is 2.31. The van der Waals surface area contributed by atoms with Gasteiger partial charge in [0.2, 0.25) is 5.91 Å². The van der Waals surface area contributed by atoms with E-state index in [0.717, 1.165) is 43.5 Å². The summed E-state index contributed by atoms with van der Waals surface area (Å²) in [6.45, 7) is 3.29. The van der Waals surface area contributed by atoms with Crippen LogP contribution in [0.2, 0.25) is 0 Å². The predicted octanol–water partition coefficient (Wildman–Crippen LogP) is 2.33. The number of carbonyl (C=O) groups excluding carboxylic acids is 1. The summed E-state index contributed by atoms with van der Waals surface area (Å²) in [5, 5.41) is 7.52. The summed E-state index contributed by atoms with van der Waals surface area (Å²) in [6, 6.07) is 14.8. The van der Waals surface area contributed by atoms with Gasteiger partial charge in [0.25, 0.3) is 5.56 Å². The number of carbonyl (C=O) groups is 1. The number of fused-ring (bicyclic) bond motifs is 1. The lowest BCUT2D eigenvalue weighted by atomic mass is 10.2. The lowest BCUT2D eigenvalue weighted by Gasteiger charge is -2.25. The van der Waals surface area contributed by atoms with Gasteiger partial charge >= 0.3 is 0 Å². The van der Waals surface area contributed by atoms with Crippen LogP contribution in [0.5, 0.6) is 0 Å². The van der Waals surface area contributed by atoms with Gasteiger partial charge in [0, 0.05) is 24.8 Å². The van der Waals surface area contributed by atoms with Gasteiger partial charge in [-0.25, -0.2) is 4.98 Å². The summed E-state index contributed by atoms with van der Waals surface area (Å²) in [4.78, 5) is 31.8. The molecule has 1 N–H and O–H groups in total. The van der Waals surface area contributed by atoms with Gasteiger partial charge < -0.3 is 10.2 Å². The molecule has 3 aromatic rings. The zero-order chi connectivity index (χ0) is 20.2. The van der Waals surface area contributed by atoms with Crippen molar-refractivity contribution in [2.45, 2.75) is 45.2 Å². The zero-order valence-electron chi connectivity index (χ0n) is 16.5. The maximum Gasteiger partial charge on any atom is 0.274 e. The second-order valence-corrected chi connectivity index (χ2v) is 7.35. The normalized spacial score (nSPS) is 16.3.